The van der Waals surface area contributed by atoms with Gasteiger partial charge in [0.05, 0.1) is 22.7 Å². The zero-order valence-electron chi connectivity index (χ0n) is 16.5. The third kappa shape index (κ3) is 3.53. The Labute approximate surface area is 177 Å². The van der Waals surface area contributed by atoms with Gasteiger partial charge in [0, 0.05) is 17.0 Å². The average molecular weight is 414 g/mol. The number of ether oxygens (including phenoxy) is 1. The maximum atomic E-state index is 6.18. The summed E-state index contributed by atoms with van der Waals surface area (Å²) in [5, 5.41) is 7.17. The van der Waals surface area contributed by atoms with Gasteiger partial charge in [-0.3, -0.25) is 5.43 Å². The minimum absolute atomic E-state index is 0.735. The molecule has 5 nitrogen and oxygen atoms in total. The number of rotatable bonds is 4. The number of hydrogen-bond acceptors (Lipinski definition) is 6. The molecule has 0 bridgehead atoms. The van der Waals surface area contributed by atoms with Crippen molar-refractivity contribution in [2.75, 3.05) is 12.5 Å². The highest BCUT2D eigenvalue weighted by atomic mass is 32.1. The number of nitrogens with one attached hydrogen (secondary N) is 1. The van der Waals surface area contributed by atoms with E-state index in [1.54, 1.807) is 18.4 Å². The summed E-state index contributed by atoms with van der Waals surface area (Å²) in [5.74, 6) is 1.54. The van der Waals surface area contributed by atoms with E-state index in [-0.39, 0.29) is 0 Å². The lowest BCUT2D eigenvalue weighted by Crippen LogP contribution is -2.07. The maximum Gasteiger partial charge on any atom is 0.204 e. The molecule has 2 aromatic heterocycles. The molecule has 0 spiro atoms. The van der Waals surface area contributed by atoms with E-state index < -0.39 is 0 Å². The van der Waals surface area contributed by atoms with Gasteiger partial charge in [-0.2, -0.15) is 5.10 Å². The van der Waals surface area contributed by atoms with Gasteiger partial charge < -0.3 is 9.15 Å². The van der Waals surface area contributed by atoms with E-state index in [9.17, 15) is 0 Å². The molecule has 1 N–H and O–H groups in total. The monoisotopic (exact) mass is 413 g/mol. The number of methoxy groups -OCH3 is 1. The van der Waals surface area contributed by atoms with Gasteiger partial charge >= 0.3 is 0 Å². The second-order valence-corrected chi connectivity index (χ2v) is 7.97. The van der Waals surface area contributed by atoms with E-state index in [4.69, 9.17) is 9.15 Å². The minimum atomic E-state index is 0.735. The van der Waals surface area contributed by atoms with Crippen LogP contribution in [0.25, 0.3) is 32.5 Å². The Morgan fingerprint density at radius 2 is 1.83 bits per heavy atom. The van der Waals surface area contributed by atoms with Crippen LogP contribution in [0.4, 0.5) is 5.13 Å². The molecule has 0 aliphatic carbocycles. The molecule has 5 aromatic rings. The Bertz CT molecular complexity index is 1390. The first-order chi connectivity index (χ1) is 14.7. The second kappa shape index (κ2) is 7.65. The summed E-state index contributed by atoms with van der Waals surface area (Å²) in [6.45, 7) is 2.06. The van der Waals surface area contributed by atoms with Gasteiger partial charge in [-0.15, -0.1) is 0 Å². The number of aryl methyl sites for hydroxylation is 1. The van der Waals surface area contributed by atoms with Crippen molar-refractivity contribution in [2.45, 2.75) is 6.92 Å². The predicted octanol–water partition coefficient (Wildman–Crippen LogP) is 5.95. The summed E-state index contributed by atoms with van der Waals surface area (Å²) in [6.07, 6.45) is 0. The fourth-order valence-corrected chi connectivity index (χ4v) is 4.11. The molecule has 148 valence electrons. The Morgan fingerprint density at radius 3 is 2.63 bits per heavy atom. The zero-order chi connectivity index (χ0) is 20.5. The molecule has 0 amide bonds. The molecule has 0 aliphatic rings. The van der Waals surface area contributed by atoms with Gasteiger partial charge in [0.15, 0.2) is 0 Å². The van der Waals surface area contributed by atoms with E-state index in [0.29, 0.717) is 0 Å². The van der Waals surface area contributed by atoms with Crippen LogP contribution in [-0.2, 0) is 0 Å². The molecule has 3 aromatic carbocycles. The fraction of sp³-hybridized carbons (Fsp3) is 0.0833. The molecule has 0 atom stereocenters. The first kappa shape index (κ1) is 18.4. The van der Waals surface area contributed by atoms with Crippen LogP contribution in [0.3, 0.4) is 0 Å². The first-order valence-corrected chi connectivity index (χ1v) is 10.4. The summed E-state index contributed by atoms with van der Waals surface area (Å²) >= 11 is 1.58. The number of benzene rings is 3. The normalized spacial score (nSPS) is 11.9. The van der Waals surface area contributed by atoms with Crippen LogP contribution >= 0.6 is 11.3 Å². The van der Waals surface area contributed by atoms with Crippen molar-refractivity contribution in [1.82, 2.24) is 4.98 Å². The van der Waals surface area contributed by atoms with Crippen molar-refractivity contribution < 1.29 is 9.15 Å². The number of hydrogen-bond donors (Lipinski definition) is 1. The van der Waals surface area contributed by atoms with E-state index in [0.717, 1.165) is 54.3 Å². The topological polar surface area (TPSA) is 59.6 Å². The zero-order valence-corrected chi connectivity index (χ0v) is 17.4. The van der Waals surface area contributed by atoms with Crippen LogP contribution in [0.15, 0.2) is 82.3 Å². The number of para-hydroxylation sites is 1. The molecule has 5 rings (SSSR count). The summed E-state index contributed by atoms with van der Waals surface area (Å²) in [6, 6.07) is 23.9. The largest absolute Gasteiger partial charge is 0.497 e. The van der Waals surface area contributed by atoms with Crippen molar-refractivity contribution >= 4 is 37.7 Å². The lowest BCUT2D eigenvalue weighted by atomic mass is 10.1. The highest BCUT2D eigenvalue weighted by molar-refractivity contribution is 7.22. The molecular formula is C24H19N3O2S. The van der Waals surface area contributed by atoms with E-state index in [2.05, 4.69) is 34.6 Å². The van der Waals surface area contributed by atoms with E-state index >= 15 is 0 Å². The molecule has 0 unspecified atom stereocenters. The number of aromatic nitrogens is 1. The van der Waals surface area contributed by atoms with Crippen LogP contribution < -0.4 is 15.5 Å². The quantitative estimate of drug-likeness (QED) is 0.370. The molecular weight excluding hydrogens is 394 g/mol. The van der Waals surface area contributed by atoms with Gasteiger partial charge in [0.1, 0.15) is 17.1 Å². The molecule has 6 heteroatoms. The van der Waals surface area contributed by atoms with Crippen LogP contribution in [-0.4, -0.2) is 12.1 Å². The lowest BCUT2D eigenvalue weighted by Gasteiger charge is -2.07. The Hall–Kier alpha value is -3.64. The third-order valence-electron chi connectivity index (χ3n) is 4.84. The second-order valence-electron chi connectivity index (χ2n) is 6.93. The van der Waals surface area contributed by atoms with Crippen LogP contribution in [0.1, 0.15) is 5.56 Å². The molecule has 0 radical (unpaired) electrons. The van der Waals surface area contributed by atoms with Crippen molar-refractivity contribution in [3.05, 3.63) is 83.7 Å². The first-order valence-electron chi connectivity index (χ1n) is 9.54. The van der Waals surface area contributed by atoms with Gasteiger partial charge in [-0.05, 0) is 55.5 Å². The smallest absolute Gasteiger partial charge is 0.204 e. The summed E-state index contributed by atoms with van der Waals surface area (Å²) < 4.78 is 12.6. The van der Waals surface area contributed by atoms with Crippen molar-refractivity contribution in [3.63, 3.8) is 0 Å². The molecule has 2 heterocycles. The molecule has 30 heavy (non-hydrogen) atoms. The van der Waals surface area contributed by atoms with Crippen molar-refractivity contribution in [2.24, 2.45) is 5.10 Å². The van der Waals surface area contributed by atoms with Gasteiger partial charge in [-0.1, -0.05) is 35.1 Å². The lowest BCUT2D eigenvalue weighted by molar-refractivity contribution is 0.415. The minimum Gasteiger partial charge on any atom is -0.497 e. The SMILES string of the molecule is COc1ccc(-c2c/c(=N/Nc3nc4ccccc4s3)c3cc(C)ccc3o2)cc1. The van der Waals surface area contributed by atoms with Gasteiger partial charge in [-0.25, -0.2) is 4.98 Å². The van der Waals surface area contributed by atoms with Gasteiger partial charge in [0.2, 0.25) is 5.13 Å². The van der Waals surface area contributed by atoms with Gasteiger partial charge in [0.25, 0.3) is 0 Å². The Morgan fingerprint density at radius 1 is 1.00 bits per heavy atom. The number of nitrogens with zero attached hydrogens (tertiary/aromatic N) is 2. The van der Waals surface area contributed by atoms with Crippen molar-refractivity contribution in [1.29, 1.82) is 0 Å². The average Bonchev–Trinajstić information content (AvgIpc) is 3.20. The van der Waals surface area contributed by atoms with E-state index in [1.165, 1.54) is 0 Å². The third-order valence-corrected chi connectivity index (χ3v) is 5.78. The van der Waals surface area contributed by atoms with Crippen LogP contribution in [0, 0.1) is 6.92 Å². The fourth-order valence-electron chi connectivity index (χ4n) is 3.30. The van der Waals surface area contributed by atoms with Crippen LogP contribution in [0.5, 0.6) is 5.75 Å². The van der Waals surface area contributed by atoms with Crippen LogP contribution in [0.2, 0.25) is 0 Å². The highest BCUT2D eigenvalue weighted by Gasteiger charge is 2.08. The number of thiazole rings is 1. The maximum absolute atomic E-state index is 6.18. The summed E-state index contributed by atoms with van der Waals surface area (Å²) in [4.78, 5) is 4.60. The molecule has 0 saturated carbocycles. The molecule has 0 saturated heterocycles. The number of anilines is 1. The Balaban J connectivity index is 1.62. The molecule has 0 aliphatic heterocycles. The molecule has 0 fully saturated rings. The summed E-state index contributed by atoms with van der Waals surface area (Å²) in [7, 11) is 1.66. The number of fused-ring (bicyclic) bond motifs is 2. The standard InChI is InChI=1S/C24H19N3O2S/c1-15-7-12-21-18(13-15)20(14-22(29-21)16-8-10-17(28-2)11-9-16)26-27-24-25-19-5-3-4-6-23(19)30-24/h3-14H,1-2H3,(H,25,27)/b26-20-. The highest BCUT2D eigenvalue weighted by Crippen LogP contribution is 2.26. The van der Waals surface area contributed by atoms with Crippen molar-refractivity contribution in [3.8, 4) is 17.1 Å². The van der Waals surface area contributed by atoms with E-state index in [1.807, 2.05) is 60.7 Å². The predicted molar refractivity (Wildman–Crippen MR) is 122 cm³/mol. The Kier molecular flexibility index (Phi) is 4.69. The summed E-state index contributed by atoms with van der Waals surface area (Å²) in [5.41, 5.74) is 6.97.